The molecule has 0 radical (unpaired) electrons. The molecule has 408 valence electrons. The second-order valence-corrected chi connectivity index (χ2v) is 20.8. The van der Waals surface area contributed by atoms with Gasteiger partial charge in [0, 0.05) is 12.8 Å². The van der Waals surface area contributed by atoms with Gasteiger partial charge < -0.3 is 14.6 Å². The van der Waals surface area contributed by atoms with Crippen LogP contribution in [-0.4, -0.2) is 36.4 Å². The predicted octanol–water partition coefficient (Wildman–Crippen LogP) is 21.0. The molecule has 0 aliphatic carbocycles. The van der Waals surface area contributed by atoms with E-state index in [9.17, 15) is 14.7 Å². The SMILES string of the molecule is CC/C=C\C/C=C\C/C=C\CCCCCCCCCC(=O)OC(CO)COC(=O)CCCCCCCCCCCCCCCCCCCCCCCCCCCCC/C=C\C/C=C\CCCCCCC. The van der Waals surface area contributed by atoms with Gasteiger partial charge in [0.25, 0.3) is 0 Å². The average Bonchev–Trinajstić information content (AvgIpc) is 3.36. The first-order valence-electron chi connectivity index (χ1n) is 30.8. The summed E-state index contributed by atoms with van der Waals surface area (Å²) in [5, 5.41) is 9.64. The summed E-state index contributed by atoms with van der Waals surface area (Å²) in [6, 6.07) is 0. The Morgan fingerprint density at radius 3 is 0.929 bits per heavy atom. The van der Waals surface area contributed by atoms with Crippen molar-refractivity contribution in [2.45, 2.75) is 328 Å². The van der Waals surface area contributed by atoms with Crippen LogP contribution in [0, 0.1) is 0 Å². The molecular formula is C65H118O5. The summed E-state index contributed by atoms with van der Waals surface area (Å²) in [4.78, 5) is 24.5. The number of rotatable bonds is 57. The molecule has 0 aromatic rings. The summed E-state index contributed by atoms with van der Waals surface area (Å²) in [6.07, 6.45) is 82.4. The van der Waals surface area contributed by atoms with Crippen LogP contribution in [0.3, 0.4) is 0 Å². The van der Waals surface area contributed by atoms with Crippen LogP contribution < -0.4 is 0 Å². The zero-order valence-electron chi connectivity index (χ0n) is 46.8. The average molecular weight is 980 g/mol. The van der Waals surface area contributed by atoms with Crippen LogP contribution in [0.1, 0.15) is 322 Å². The molecule has 0 aromatic heterocycles. The van der Waals surface area contributed by atoms with Crippen LogP contribution in [-0.2, 0) is 19.1 Å². The van der Waals surface area contributed by atoms with Crippen LogP contribution in [0.15, 0.2) is 60.8 Å². The first kappa shape index (κ1) is 67.6. The third-order valence-corrected chi connectivity index (χ3v) is 13.8. The van der Waals surface area contributed by atoms with Crippen molar-refractivity contribution < 1.29 is 24.2 Å². The summed E-state index contributed by atoms with van der Waals surface area (Å²) >= 11 is 0. The van der Waals surface area contributed by atoms with Crippen molar-refractivity contribution in [2.75, 3.05) is 13.2 Å². The Labute approximate surface area is 436 Å². The minimum atomic E-state index is -0.777. The van der Waals surface area contributed by atoms with E-state index in [2.05, 4.69) is 74.6 Å². The molecule has 70 heavy (non-hydrogen) atoms. The fourth-order valence-corrected chi connectivity index (χ4v) is 9.19. The Kier molecular flexibility index (Phi) is 58.8. The van der Waals surface area contributed by atoms with Crippen molar-refractivity contribution in [2.24, 2.45) is 0 Å². The van der Waals surface area contributed by atoms with Gasteiger partial charge in [-0.25, -0.2) is 0 Å². The molecule has 1 atom stereocenters. The molecule has 0 bridgehead atoms. The summed E-state index contributed by atoms with van der Waals surface area (Å²) in [5.41, 5.74) is 0. The first-order valence-corrected chi connectivity index (χ1v) is 30.8. The molecule has 1 N–H and O–H groups in total. The Balaban J connectivity index is 3.38. The van der Waals surface area contributed by atoms with E-state index in [1.165, 1.54) is 225 Å². The second kappa shape index (κ2) is 60.9. The molecule has 0 rings (SSSR count). The van der Waals surface area contributed by atoms with E-state index < -0.39 is 6.10 Å². The van der Waals surface area contributed by atoms with Gasteiger partial charge in [-0.3, -0.25) is 9.59 Å². The Morgan fingerprint density at radius 2 is 0.614 bits per heavy atom. The number of unbranched alkanes of at least 4 members (excludes halogenated alkanes) is 39. The van der Waals surface area contributed by atoms with Crippen molar-refractivity contribution in [3.8, 4) is 0 Å². The molecule has 0 saturated heterocycles. The Bertz CT molecular complexity index is 1200. The topological polar surface area (TPSA) is 72.8 Å². The fourth-order valence-electron chi connectivity index (χ4n) is 9.19. The number of carbonyl (C=O) groups excluding carboxylic acids is 2. The highest BCUT2D eigenvalue weighted by Crippen LogP contribution is 2.18. The second-order valence-electron chi connectivity index (χ2n) is 20.8. The number of aliphatic hydroxyl groups excluding tert-OH is 1. The number of hydrogen-bond donors (Lipinski definition) is 1. The Hall–Kier alpha value is -2.40. The lowest BCUT2D eigenvalue weighted by molar-refractivity contribution is -0.161. The highest BCUT2D eigenvalue weighted by molar-refractivity contribution is 5.70. The van der Waals surface area contributed by atoms with Gasteiger partial charge in [-0.1, -0.05) is 293 Å². The van der Waals surface area contributed by atoms with E-state index in [0.717, 1.165) is 70.6 Å². The van der Waals surface area contributed by atoms with Gasteiger partial charge in [0.05, 0.1) is 6.61 Å². The van der Waals surface area contributed by atoms with Crippen molar-refractivity contribution >= 4 is 11.9 Å². The number of carbonyl (C=O) groups is 2. The van der Waals surface area contributed by atoms with Gasteiger partial charge in [0.15, 0.2) is 6.10 Å². The van der Waals surface area contributed by atoms with Crippen molar-refractivity contribution in [3.63, 3.8) is 0 Å². The highest BCUT2D eigenvalue weighted by Gasteiger charge is 2.16. The maximum Gasteiger partial charge on any atom is 0.306 e. The normalized spacial score (nSPS) is 12.6. The van der Waals surface area contributed by atoms with Gasteiger partial charge in [0.2, 0.25) is 0 Å². The standard InChI is InChI=1S/C65H118O5/c1-3-5-7-9-11-13-15-17-19-21-22-23-24-25-26-27-28-29-30-31-32-33-34-35-36-37-38-39-40-41-42-44-45-47-49-51-53-55-57-59-64(67)69-62-63(61-66)70-65(68)60-58-56-54-52-50-48-46-43-20-18-16-14-12-10-8-6-4-2/h6,8,12,14-15,17-18,20-22,63,66H,3-5,7,9-11,13,16,19,23-62H2,1-2H3/b8-6-,14-12-,17-15-,20-18-,22-21-. The molecular weight excluding hydrogens is 861 g/mol. The maximum atomic E-state index is 12.3. The van der Waals surface area contributed by atoms with Crippen molar-refractivity contribution in [3.05, 3.63) is 60.8 Å². The minimum Gasteiger partial charge on any atom is -0.462 e. The first-order chi connectivity index (χ1) is 34.6. The molecule has 0 amide bonds. The molecule has 5 heteroatoms. The number of esters is 2. The summed E-state index contributed by atoms with van der Waals surface area (Å²) < 4.78 is 10.7. The van der Waals surface area contributed by atoms with Crippen LogP contribution in [0.5, 0.6) is 0 Å². The van der Waals surface area contributed by atoms with Gasteiger partial charge in [-0.05, 0) is 77.0 Å². The fraction of sp³-hybridized carbons (Fsp3) is 0.815. The van der Waals surface area contributed by atoms with Crippen molar-refractivity contribution in [1.29, 1.82) is 0 Å². The van der Waals surface area contributed by atoms with Gasteiger partial charge in [-0.2, -0.15) is 0 Å². The van der Waals surface area contributed by atoms with Crippen LogP contribution in [0.2, 0.25) is 0 Å². The van der Waals surface area contributed by atoms with E-state index >= 15 is 0 Å². The third-order valence-electron chi connectivity index (χ3n) is 13.8. The number of hydrogen-bond acceptors (Lipinski definition) is 5. The van der Waals surface area contributed by atoms with Crippen LogP contribution >= 0.6 is 0 Å². The molecule has 0 spiro atoms. The molecule has 1 unspecified atom stereocenters. The number of allylic oxidation sites excluding steroid dienone is 10. The molecule has 0 aliphatic rings. The molecule has 0 aromatic carbocycles. The predicted molar refractivity (Wildman–Crippen MR) is 307 cm³/mol. The lowest BCUT2D eigenvalue weighted by Crippen LogP contribution is -2.28. The van der Waals surface area contributed by atoms with E-state index in [0.29, 0.717) is 12.8 Å². The highest BCUT2D eigenvalue weighted by atomic mass is 16.6. The van der Waals surface area contributed by atoms with Crippen LogP contribution in [0.4, 0.5) is 0 Å². The van der Waals surface area contributed by atoms with E-state index in [-0.39, 0.29) is 25.2 Å². The third kappa shape index (κ3) is 58.2. The molecule has 0 fully saturated rings. The van der Waals surface area contributed by atoms with Gasteiger partial charge in [-0.15, -0.1) is 0 Å². The van der Waals surface area contributed by atoms with Gasteiger partial charge >= 0.3 is 11.9 Å². The van der Waals surface area contributed by atoms with Gasteiger partial charge in [0.1, 0.15) is 6.61 Å². The lowest BCUT2D eigenvalue weighted by Gasteiger charge is -2.15. The zero-order valence-corrected chi connectivity index (χ0v) is 46.8. The van der Waals surface area contributed by atoms with Crippen LogP contribution in [0.25, 0.3) is 0 Å². The smallest absolute Gasteiger partial charge is 0.306 e. The van der Waals surface area contributed by atoms with Crippen molar-refractivity contribution in [1.82, 2.24) is 0 Å². The summed E-state index contributed by atoms with van der Waals surface area (Å²) in [5.74, 6) is -0.590. The molecule has 0 heterocycles. The maximum absolute atomic E-state index is 12.3. The zero-order chi connectivity index (χ0) is 50.6. The molecule has 0 saturated carbocycles. The minimum absolute atomic E-state index is 0.0678. The van der Waals surface area contributed by atoms with E-state index in [1.54, 1.807) is 0 Å². The van der Waals surface area contributed by atoms with E-state index in [4.69, 9.17) is 9.47 Å². The molecule has 5 nitrogen and oxygen atoms in total. The number of ether oxygens (including phenoxy) is 2. The van der Waals surface area contributed by atoms with E-state index in [1.807, 2.05) is 0 Å². The summed E-state index contributed by atoms with van der Waals surface area (Å²) in [7, 11) is 0. The molecule has 0 aliphatic heterocycles. The summed E-state index contributed by atoms with van der Waals surface area (Å²) in [6.45, 7) is 4.04. The number of aliphatic hydroxyl groups is 1. The quantitative estimate of drug-likeness (QED) is 0.0373. The monoisotopic (exact) mass is 979 g/mol. The lowest BCUT2D eigenvalue weighted by atomic mass is 10.0. The Morgan fingerprint density at radius 1 is 0.343 bits per heavy atom. The largest absolute Gasteiger partial charge is 0.462 e.